The molecule has 0 atom stereocenters. The van der Waals surface area contributed by atoms with E-state index in [4.69, 9.17) is 0 Å². The van der Waals surface area contributed by atoms with Crippen LogP contribution in [0.3, 0.4) is 0 Å². The van der Waals surface area contributed by atoms with Crippen molar-refractivity contribution in [2.24, 2.45) is 0 Å². The molecule has 0 aromatic carbocycles. The van der Waals surface area contributed by atoms with Crippen LogP contribution in [0.5, 0.6) is 0 Å². The molecule has 25 heavy (non-hydrogen) atoms. The Hall–Kier alpha value is -1.60. The lowest BCUT2D eigenvalue weighted by Crippen LogP contribution is -2.62. The third-order valence-corrected chi connectivity index (χ3v) is 2.57. The first-order valence-corrected chi connectivity index (χ1v) is 6.15. The van der Waals surface area contributed by atoms with Gasteiger partial charge in [-0.2, -0.15) is 53.2 Å². The van der Waals surface area contributed by atoms with Gasteiger partial charge in [0.25, 0.3) is 6.08 Å². The number of alkyl halides is 9. The van der Waals surface area contributed by atoms with E-state index in [0.717, 1.165) is 0 Å². The highest BCUT2D eigenvalue weighted by molar-refractivity contribution is 5.90. The van der Waals surface area contributed by atoms with Crippen molar-refractivity contribution >= 4 is 5.97 Å². The molecule has 0 amide bonds. The molecule has 3 nitrogen and oxygen atoms in total. The molecule has 0 spiro atoms. The molecule has 0 aliphatic heterocycles. The van der Waals surface area contributed by atoms with E-state index in [2.05, 4.69) is 9.78 Å². The quantitative estimate of drug-likeness (QED) is 0.192. The second kappa shape index (κ2) is 7.74. The highest BCUT2D eigenvalue weighted by Gasteiger charge is 2.83. The molecule has 0 fully saturated rings. The van der Waals surface area contributed by atoms with E-state index in [1.807, 2.05) is 0 Å². The Labute approximate surface area is 132 Å². The van der Waals surface area contributed by atoms with Crippen LogP contribution >= 0.6 is 0 Å². The molecule has 0 aromatic heterocycles. The number of hydrogen-bond donors (Lipinski definition) is 0. The second-order valence-corrected chi connectivity index (χ2v) is 4.40. The lowest BCUT2D eigenvalue weighted by atomic mass is 9.97. The van der Waals surface area contributed by atoms with E-state index in [0.29, 0.717) is 6.42 Å². The fraction of sp³-hybridized carbons (Fsp3) is 0.727. The molecule has 0 saturated heterocycles. The van der Waals surface area contributed by atoms with Gasteiger partial charge in [0.15, 0.2) is 5.57 Å². The smallest absolute Gasteiger partial charge is 0.293 e. The van der Waals surface area contributed by atoms with Gasteiger partial charge in [0, 0.05) is 0 Å². The number of hydrogen-bond acceptors (Lipinski definition) is 3. The normalized spacial score (nSPS) is 13.6. The Balaban J connectivity index is 5.82. The van der Waals surface area contributed by atoms with Crippen molar-refractivity contribution in [3.8, 4) is 0 Å². The first-order valence-electron chi connectivity index (χ1n) is 6.15. The Morgan fingerprint density at radius 3 is 1.72 bits per heavy atom. The van der Waals surface area contributed by atoms with Crippen LogP contribution in [-0.4, -0.2) is 36.5 Å². The second-order valence-electron chi connectivity index (χ2n) is 4.40. The summed E-state index contributed by atoms with van der Waals surface area (Å²) in [6.07, 6.45) is -10.7. The highest BCUT2D eigenvalue weighted by atomic mass is 19.4. The van der Waals surface area contributed by atoms with Gasteiger partial charge in [-0.15, -0.1) is 0 Å². The molecule has 148 valence electrons. The first kappa shape index (κ1) is 23.4. The summed E-state index contributed by atoms with van der Waals surface area (Å²) in [7, 11) is 0. The molecule has 14 heteroatoms. The van der Waals surface area contributed by atoms with Gasteiger partial charge < -0.3 is 0 Å². The average Bonchev–Trinajstić information content (AvgIpc) is 2.41. The number of rotatable bonds is 8. The summed E-state index contributed by atoms with van der Waals surface area (Å²) in [5.74, 6) is -24.8. The minimum atomic E-state index is -7.44. The number of halogens is 11. The maximum Gasteiger partial charge on any atom is 0.460 e. The minimum absolute atomic E-state index is 0.0864. The van der Waals surface area contributed by atoms with Crippen LogP contribution in [-0.2, 0) is 14.6 Å². The van der Waals surface area contributed by atoms with Gasteiger partial charge >= 0.3 is 29.9 Å². The number of unbranched alkanes of at least 4 members (excludes halogenated alkanes) is 1. The highest BCUT2D eigenvalue weighted by Crippen LogP contribution is 2.55. The SMILES string of the molecule is CCCCOOC(=O)C(=C(F)F)C(F)(F)C(F)(F)C(F)(F)C(F)(F)F. The molecule has 0 aliphatic rings. The molecule has 0 saturated carbocycles. The molecular formula is C11H9F11O3. The van der Waals surface area contributed by atoms with Crippen molar-refractivity contribution in [3.05, 3.63) is 11.7 Å². The zero-order chi connectivity index (χ0) is 20.3. The van der Waals surface area contributed by atoms with Crippen LogP contribution in [0, 0.1) is 0 Å². The van der Waals surface area contributed by atoms with Crippen molar-refractivity contribution in [1.29, 1.82) is 0 Å². The molecule has 0 N–H and O–H groups in total. The van der Waals surface area contributed by atoms with Crippen LogP contribution in [0.15, 0.2) is 11.7 Å². The predicted octanol–water partition coefficient (Wildman–Crippen LogP) is 4.88. The molecule has 0 aliphatic carbocycles. The third kappa shape index (κ3) is 4.52. The van der Waals surface area contributed by atoms with Gasteiger partial charge in [-0.1, -0.05) is 13.3 Å². The fourth-order valence-corrected chi connectivity index (χ4v) is 1.20. The topological polar surface area (TPSA) is 35.5 Å². The predicted molar refractivity (Wildman–Crippen MR) is 57.1 cm³/mol. The zero-order valence-electron chi connectivity index (χ0n) is 12.0. The van der Waals surface area contributed by atoms with Gasteiger partial charge in [0.05, 0.1) is 6.61 Å². The lowest BCUT2D eigenvalue weighted by molar-refractivity contribution is -0.390. The minimum Gasteiger partial charge on any atom is -0.293 e. The summed E-state index contributed by atoms with van der Waals surface area (Å²) >= 11 is 0. The molecular weight excluding hydrogens is 389 g/mol. The first-order chi connectivity index (χ1) is 11.1. The zero-order valence-corrected chi connectivity index (χ0v) is 12.0. The van der Waals surface area contributed by atoms with E-state index in [9.17, 15) is 53.1 Å². The van der Waals surface area contributed by atoms with Crippen molar-refractivity contribution in [3.63, 3.8) is 0 Å². The monoisotopic (exact) mass is 398 g/mol. The molecule has 0 unspecified atom stereocenters. The van der Waals surface area contributed by atoms with Crippen molar-refractivity contribution in [2.45, 2.75) is 43.7 Å². The lowest BCUT2D eigenvalue weighted by Gasteiger charge is -2.33. The van der Waals surface area contributed by atoms with Crippen LogP contribution in [0.4, 0.5) is 48.3 Å². The van der Waals surface area contributed by atoms with Crippen molar-refractivity contribution in [2.75, 3.05) is 6.61 Å². The van der Waals surface area contributed by atoms with Gasteiger partial charge in [-0.25, -0.2) is 4.79 Å². The number of carbonyl (C=O) groups is 1. The molecule has 0 heterocycles. The largest absolute Gasteiger partial charge is 0.460 e. The Morgan fingerprint density at radius 1 is 0.880 bits per heavy atom. The summed E-state index contributed by atoms with van der Waals surface area (Å²) in [6, 6.07) is 0. The van der Waals surface area contributed by atoms with E-state index in [1.54, 1.807) is 6.92 Å². The number of carbonyl (C=O) groups excluding carboxylic acids is 1. The maximum absolute atomic E-state index is 13.3. The third-order valence-electron chi connectivity index (χ3n) is 2.57. The molecule has 0 aromatic rings. The standard InChI is InChI=1S/C11H9F11O3/c1-2-3-4-24-25-7(23)5(6(12)13)8(14,15)9(16,17)10(18,19)11(20,21)22/h2-4H2,1H3. The molecule has 0 rings (SSSR count). The summed E-state index contributed by atoms with van der Waals surface area (Å²) < 4.78 is 139. The van der Waals surface area contributed by atoms with Crippen molar-refractivity contribution in [1.82, 2.24) is 0 Å². The Bertz CT molecular complexity index is 506. The average molecular weight is 398 g/mol. The summed E-state index contributed by atoms with van der Waals surface area (Å²) in [6.45, 7) is 0.982. The molecule has 0 radical (unpaired) electrons. The van der Waals surface area contributed by atoms with Crippen LogP contribution < -0.4 is 0 Å². The van der Waals surface area contributed by atoms with E-state index in [-0.39, 0.29) is 6.42 Å². The fourth-order valence-electron chi connectivity index (χ4n) is 1.20. The summed E-state index contributed by atoms with van der Waals surface area (Å²) in [4.78, 5) is 18.1. The van der Waals surface area contributed by atoms with E-state index >= 15 is 0 Å². The van der Waals surface area contributed by atoms with Crippen LogP contribution in [0.2, 0.25) is 0 Å². The van der Waals surface area contributed by atoms with Gasteiger partial charge in [-0.05, 0) is 6.42 Å². The maximum atomic E-state index is 13.3. The van der Waals surface area contributed by atoms with Gasteiger partial charge in [0.1, 0.15) is 0 Å². The van der Waals surface area contributed by atoms with Gasteiger partial charge in [0.2, 0.25) is 0 Å². The Kier molecular flexibility index (Phi) is 7.25. The van der Waals surface area contributed by atoms with Gasteiger partial charge in [-0.3, -0.25) is 4.89 Å². The summed E-state index contributed by atoms with van der Waals surface area (Å²) in [5.41, 5.74) is -3.68. The van der Waals surface area contributed by atoms with Crippen LogP contribution in [0.25, 0.3) is 0 Å². The van der Waals surface area contributed by atoms with Crippen molar-refractivity contribution < 1.29 is 62.9 Å². The van der Waals surface area contributed by atoms with Crippen LogP contribution in [0.1, 0.15) is 19.8 Å². The van der Waals surface area contributed by atoms with E-state index in [1.165, 1.54) is 0 Å². The summed E-state index contributed by atoms with van der Waals surface area (Å²) in [5, 5.41) is 0. The van der Waals surface area contributed by atoms with E-state index < -0.39 is 48.2 Å². The molecule has 0 bridgehead atoms. The Morgan fingerprint density at radius 2 is 1.36 bits per heavy atom.